The van der Waals surface area contributed by atoms with Crippen LogP contribution in [0.1, 0.15) is 53.9 Å². The van der Waals surface area contributed by atoms with Crippen LogP contribution in [0.5, 0.6) is 0 Å². The second-order valence-electron chi connectivity index (χ2n) is 7.72. The lowest BCUT2D eigenvalue weighted by molar-refractivity contribution is -0.121. The summed E-state index contributed by atoms with van der Waals surface area (Å²) in [5.74, 6) is -1.57. The van der Waals surface area contributed by atoms with E-state index in [1.807, 2.05) is 0 Å². The first-order valence-corrected chi connectivity index (χ1v) is 10.1. The van der Waals surface area contributed by atoms with Crippen molar-refractivity contribution in [3.63, 3.8) is 0 Å². The molecule has 2 N–H and O–H groups in total. The van der Waals surface area contributed by atoms with E-state index in [2.05, 4.69) is 15.3 Å². The van der Waals surface area contributed by atoms with Crippen LogP contribution in [0.15, 0.2) is 48.9 Å². The molecule has 0 radical (unpaired) electrons. The number of nitrogens with one attached hydrogen (secondary N) is 2. The van der Waals surface area contributed by atoms with Gasteiger partial charge in [0.05, 0.1) is 0 Å². The third-order valence-electron chi connectivity index (χ3n) is 5.75. The van der Waals surface area contributed by atoms with Crippen molar-refractivity contribution < 1.29 is 14.0 Å². The summed E-state index contributed by atoms with van der Waals surface area (Å²) in [4.78, 5) is 33.4. The lowest BCUT2D eigenvalue weighted by atomic mass is 9.88. The Morgan fingerprint density at radius 3 is 2.79 bits per heavy atom. The molecule has 3 aromatic rings. The van der Waals surface area contributed by atoms with Crippen LogP contribution in [0, 0.1) is 11.7 Å². The average Bonchev–Trinajstić information content (AvgIpc) is 3.16. The number of ketones is 1. The molecule has 0 aliphatic heterocycles. The molecule has 0 saturated heterocycles. The van der Waals surface area contributed by atoms with Gasteiger partial charge in [-0.1, -0.05) is 19.3 Å². The van der Waals surface area contributed by atoms with Crippen molar-refractivity contribution in [1.82, 2.24) is 15.3 Å². The van der Waals surface area contributed by atoms with Gasteiger partial charge in [-0.3, -0.25) is 14.6 Å². The van der Waals surface area contributed by atoms with Gasteiger partial charge < -0.3 is 10.3 Å². The van der Waals surface area contributed by atoms with Crippen LogP contribution >= 0.6 is 0 Å². The average molecular weight is 393 g/mol. The van der Waals surface area contributed by atoms with E-state index in [0.29, 0.717) is 34.5 Å². The quantitative estimate of drug-likeness (QED) is 0.482. The summed E-state index contributed by atoms with van der Waals surface area (Å²) in [5.41, 5.74) is 1.49. The number of benzene rings is 1. The van der Waals surface area contributed by atoms with Crippen molar-refractivity contribution in [3.05, 3.63) is 65.9 Å². The Morgan fingerprint density at radius 2 is 2.03 bits per heavy atom. The number of nitrogens with zero attached hydrogens (tertiary/aromatic N) is 1. The van der Waals surface area contributed by atoms with Crippen molar-refractivity contribution in [2.45, 2.75) is 38.0 Å². The summed E-state index contributed by atoms with van der Waals surface area (Å²) in [6.45, 7) is 0.576. The zero-order chi connectivity index (χ0) is 20.2. The van der Waals surface area contributed by atoms with Crippen LogP contribution in [-0.2, 0) is 4.79 Å². The topological polar surface area (TPSA) is 74.8 Å². The van der Waals surface area contributed by atoms with Gasteiger partial charge in [-0.05, 0) is 54.7 Å². The molecule has 150 valence electrons. The Bertz CT molecular complexity index is 1010. The number of halogens is 1. The number of rotatable bonds is 6. The van der Waals surface area contributed by atoms with Crippen LogP contribution in [0.25, 0.3) is 10.9 Å². The highest BCUT2D eigenvalue weighted by atomic mass is 19.1. The molecule has 1 amide bonds. The van der Waals surface area contributed by atoms with Gasteiger partial charge in [0.25, 0.3) is 0 Å². The Balaban J connectivity index is 1.64. The lowest BCUT2D eigenvalue weighted by Crippen LogP contribution is -2.37. The maximum atomic E-state index is 13.6. The first-order chi connectivity index (χ1) is 14.1. The highest BCUT2D eigenvalue weighted by molar-refractivity contribution is 6.16. The van der Waals surface area contributed by atoms with Gasteiger partial charge in [-0.15, -0.1) is 0 Å². The molecule has 2 heterocycles. The fourth-order valence-corrected chi connectivity index (χ4v) is 4.17. The second-order valence-corrected chi connectivity index (χ2v) is 7.72. The first-order valence-electron chi connectivity index (χ1n) is 10.1. The predicted octanol–water partition coefficient (Wildman–Crippen LogP) is 4.37. The fraction of sp³-hybridized carbons (Fsp3) is 0.348. The summed E-state index contributed by atoms with van der Waals surface area (Å²) >= 11 is 0. The SMILES string of the molecule is O=C(NCC1CCCCC1)C(C(=O)c1cccnc1)c1c[nH]c2cc(F)ccc12. The van der Waals surface area contributed by atoms with Crippen LogP contribution < -0.4 is 5.32 Å². The molecule has 29 heavy (non-hydrogen) atoms. The van der Waals surface area contributed by atoms with Crippen LogP contribution in [0.3, 0.4) is 0 Å². The number of Topliss-reactive ketones (excluding diaryl/α,β-unsaturated/α-hetero) is 1. The summed E-state index contributed by atoms with van der Waals surface area (Å²) in [6, 6.07) is 7.64. The second kappa shape index (κ2) is 8.55. The van der Waals surface area contributed by atoms with Crippen molar-refractivity contribution >= 4 is 22.6 Å². The maximum Gasteiger partial charge on any atom is 0.235 e. The number of fused-ring (bicyclic) bond motifs is 1. The van der Waals surface area contributed by atoms with Gasteiger partial charge >= 0.3 is 0 Å². The molecule has 4 rings (SSSR count). The van der Waals surface area contributed by atoms with E-state index in [4.69, 9.17) is 0 Å². The zero-order valence-corrected chi connectivity index (χ0v) is 16.2. The third-order valence-corrected chi connectivity index (χ3v) is 5.75. The normalized spacial score (nSPS) is 15.9. The number of carbonyl (C=O) groups is 2. The van der Waals surface area contributed by atoms with Crippen molar-refractivity contribution in [3.8, 4) is 0 Å². The molecule has 1 fully saturated rings. The number of aromatic nitrogens is 2. The number of aromatic amines is 1. The van der Waals surface area contributed by atoms with Gasteiger partial charge in [0, 0.05) is 41.6 Å². The molecule has 1 saturated carbocycles. The number of H-pyrrole nitrogens is 1. The molecule has 0 spiro atoms. The monoisotopic (exact) mass is 393 g/mol. The van der Waals surface area contributed by atoms with Gasteiger partial charge in [-0.25, -0.2) is 4.39 Å². The van der Waals surface area contributed by atoms with Gasteiger partial charge in [0.15, 0.2) is 5.78 Å². The number of carbonyl (C=O) groups excluding carboxylic acids is 2. The van der Waals surface area contributed by atoms with Gasteiger partial charge in [0.2, 0.25) is 5.91 Å². The maximum absolute atomic E-state index is 13.6. The molecular formula is C23H24FN3O2. The highest BCUT2D eigenvalue weighted by Crippen LogP contribution is 2.30. The minimum atomic E-state index is -1.01. The largest absolute Gasteiger partial charge is 0.361 e. The molecule has 6 heteroatoms. The molecule has 1 unspecified atom stereocenters. The Morgan fingerprint density at radius 1 is 1.21 bits per heavy atom. The van der Waals surface area contributed by atoms with Crippen LogP contribution in [0.2, 0.25) is 0 Å². The first kappa shape index (κ1) is 19.3. The van der Waals surface area contributed by atoms with E-state index in [-0.39, 0.29) is 17.5 Å². The third kappa shape index (κ3) is 4.21. The number of pyridine rings is 1. The molecule has 2 aromatic heterocycles. The minimum absolute atomic E-state index is 0.315. The molecule has 1 atom stereocenters. The summed E-state index contributed by atoms with van der Waals surface area (Å²) in [6.07, 6.45) is 10.5. The Hall–Kier alpha value is -3.02. The van der Waals surface area contributed by atoms with E-state index in [0.717, 1.165) is 12.8 Å². The van der Waals surface area contributed by atoms with E-state index < -0.39 is 5.92 Å². The summed E-state index contributed by atoms with van der Waals surface area (Å²) in [5, 5.41) is 3.67. The van der Waals surface area contributed by atoms with E-state index in [1.54, 1.807) is 30.6 Å². The standard InChI is InChI=1S/C23H24FN3O2/c24-17-8-9-18-19(14-26-20(18)11-17)21(22(28)16-7-4-10-25-13-16)23(29)27-12-15-5-2-1-3-6-15/h4,7-11,13-15,21,26H,1-3,5-6,12H2,(H,27,29). The molecule has 5 nitrogen and oxygen atoms in total. The minimum Gasteiger partial charge on any atom is -0.361 e. The number of hydrogen-bond acceptors (Lipinski definition) is 3. The highest BCUT2D eigenvalue weighted by Gasteiger charge is 2.32. The summed E-state index contributed by atoms with van der Waals surface area (Å²) in [7, 11) is 0. The lowest BCUT2D eigenvalue weighted by Gasteiger charge is -2.23. The Kier molecular flexibility index (Phi) is 5.69. The zero-order valence-electron chi connectivity index (χ0n) is 16.2. The smallest absolute Gasteiger partial charge is 0.235 e. The van der Waals surface area contributed by atoms with Gasteiger partial charge in [0.1, 0.15) is 11.7 Å². The molecule has 1 aromatic carbocycles. The fourth-order valence-electron chi connectivity index (χ4n) is 4.17. The molecule has 1 aliphatic carbocycles. The van der Waals surface area contributed by atoms with E-state index >= 15 is 0 Å². The summed E-state index contributed by atoms with van der Waals surface area (Å²) < 4.78 is 13.6. The molecular weight excluding hydrogens is 369 g/mol. The predicted molar refractivity (Wildman–Crippen MR) is 109 cm³/mol. The van der Waals surface area contributed by atoms with Gasteiger partial charge in [-0.2, -0.15) is 0 Å². The van der Waals surface area contributed by atoms with Crippen molar-refractivity contribution in [2.24, 2.45) is 5.92 Å². The van der Waals surface area contributed by atoms with Crippen molar-refractivity contribution in [2.75, 3.05) is 6.54 Å². The molecule has 1 aliphatic rings. The number of hydrogen-bond donors (Lipinski definition) is 2. The molecule has 0 bridgehead atoms. The Labute approximate surface area is 168 Å². The number of amides is 1. The van der Waals surface area contributed by atoms with E-state index in [9.17, 15) is 14.0 Å². The van der Waals surface area contributed by atoms with Crippen molar-refractivity contribution in [1.29, 1.82) is 0 Å². The van der Waals surface area contributed by atoms with Crippen LogP contribution in [-0.4, -0.2) is 28.2 Å². The van der Waals surface area contributed by atoms with Crippen LogP contribution in [0.4, 0.5) is 4.39 Å². The van der Waals surface area contributed by atoms with E-state index in [1.165, 1.54) is 37.6 Å².